The molecule has 1 aromatic heterocycles. The van der Waals surface area contributed by atoms with Crippen molar-refractivity contribution in [1.29, 1.82) is 0 Å². The molecule has 2 N–H and O–H groups in total. The van der Waals surface area contributed by atoms with Crippen LogP contribution in [0.1, 0.15) is 25.7 Å². The first-order chi connectivity index (χ1) is 8.83. The van der Waals surface area contributed by atoms with Gasteiger partial charge in [0.25, 0.3) is 5.91 Å². The second kappa shape index (κ2) is 4.94. The van der Waals surface area contributed by atoms with E-state index in [2.05, 4.69) is 15.6 Å². The number of fused-ring (bicyclic) bond motifs is 1. The minimum absolute atomic E-state index is 0.0893. The number of carbonyl (C=O) groups is 1. The smallest absolute Gasteiger partial charge is 0.266 e. The predicted octanol–water partition coefficient (Wildman–Crippen LogP) is 1.31. The van der Waals surface area contributed by atoms with Crippen molar-refractivity contribution < 1.29 is 9.53 Å². The van der Waals surface area contributed by atoms with Gasteiger partial charge in [-0.25, -0.2) is 4.98 Å². The quantitative estimate of drug-likeness (QED) is 0.827. The van der Waals surface area contributed by atoms with E-state index in [1.165, 1.54) is 12.8 Å². The second-order valence-electron chi connectivity index (χ2n) is 4.83. The fourth-order valence-corrected chi connectivity index (χ4v) is 2.52. The van der Waals surface area contributed by atoms with Crippen molar-refractivity contribution in [2.45, 2.75) is 37.8 Å². The van der Waals surface area contributed by atoms with Crippen LogP contribution in [0, 0.1) is 0 Å². The van der Waals surface area contributed by atoms with E-state index >= 15 is 0 Å². The zero-order valence-corrected chi connectivity index (χ0v) is 10.2. The number of rotatable bonds is 2. The number of anilines is 1. The SMILES string of the molecule is O=C1Nc2ncccc2OC1CC1CCCCN1. The summed E-state index contributed by atoms with van der Waals surface area (Å²) in [5.41, 5.74) is 0. The number of amides is 1. The number of hydrogen-bond acceptors (Lipinski definition) is 4. The molecule has 1 saturated heterocycles. The highest BCUT2D eigenvalue weighted by molar-refractivity contribution is 5.96. The van der Waals surface area contributed by atoms with Crippen LogP contribution in [-0.4, -0.2) is 29.6 Å². The molecule has 5 nitrogen and oxygen atoms in total. The van der Waals surface area contributed by atoms with Crippen LogP contribution < -0.4 is 15.4 Å². The van der Waals surface area contributed by atoms with Crippen LogP contribution >= 0.6 is 0 Å². The Kier molecular flexibility index (Phi) is 3.15. The first kappa shape index (κ1) is 11.5. The molecule has 1 fully saturated rings. The van der Waals surface area contributed by atoms with Crippen LogP contribution in [0.15, 0.2) is 18.3 Å². The van der Waals surface area contributed by atoms with Gasteiger partial charge in [-0.15, -0.1) is 0 Å². The molecule has 0 saturated carbocycles. The summed E-state index contributed by atoms with van der Waals surface area (Å²) in [6.45, 7) is 1.04. The fraction of sp³-hybridized carbons (Fsp3) is 0.538. The second-order valence-corrected chi connectivity index (χ2v) is 4.83. The van der Waals surface area contributed by atoms with Gasteiger partial charge in [0.05, 0.1) is 0 Å². The van der Waals surface area contributed by atoms with Gasteiger partial charge in [0.2, 0.25) is 0 Å². The highest BCUT2D eigenvalue weighted by Gasteiger charge is 2.30. The molecule has 0 spiro atoms. The summed E-state index contributed by atoms with van der Waals surface area (Å²) >= 11 is 0. The molecule has 5 heteroatoms. The Bertz CT molecular complexity index is 444. The Hall–Kier alpha value is -1.62. The van der Waals surface area contributed by atoms with Crippen LogP contribution in [0.5, 0.6) is 5.75 Å². The summed E-state index contributed by atoms with van der Waals surface area (Å²) in [4.78, 5) is 16.0. The van der Waals surface area contributed by atoms with E-state index in [0.29, 0.717) is 17.6 Å². The molecular weight excluding hydrogens is 230 g/mol. The Labute approximate surface area is 106 Å². The largest absolute Gasteiger partial charge is 0.477 e. The van der Waals surface area contributed by atoms with Gasteiger partial charge in [0.15, 0.2) is 17.7 Å². The molecule has 0 aromatic carbocycles. The molecule has 2 atom stereocenters. The Morgan fingerprint density at radius 3 is 3.22 bits per heavy atom. The van der Waals surface area contributed by atoms with E-state index in [4.69, 9.17) is 4.74 Å². The molecule has 2 unspecified atom stereocenters. The van der Waals surface area contributed by atoms with Crippen molar-refractivity contribution in [3.05, 3.63) is 18.3 Å². The lowest BCUT2D eigenvalue weighted by molar-refractivity contribution is -0.124. The van der Waals surface area contributed by atoms with Gasteiger partial charge in [-0.3, -0.25) is 4.79 Å². The third-order valence-electron chi connectivity index (χ3n) is 3.48. The summed E-state index contributed by atoms with van der Waals surface area (Å²) in [5.74, 6) is 1.10. The summed E-state index contributed by atoms with van der Waals surface area (Å²) in [6, 6.07) is 4.03. The number of aromatic nitrogens is 1. The lowest BCUT2D eigenvalue weighted by Crippen LogP contribution is -2.44. The molecule has 2 aliphatic heterocycles. The first-order valence-corrected chi connectivity index (χ1v) is 6.49. The maximum absolute atomic E-state index is 11.9. The maximum atomic E-state index is 11.9. The van der Waals surface area contributed by atoms with E-state index in [0.717, 1.165) is 19.4 Å². The monoisotopic (exact) mass is 247 g/mol. The molecule has 0 aliphatic carbocycles. The van der Waals surface area contributed by atoms with Gasteiger partial charge in [-0.2, -0.15) is 0 Å². The number of piperidine rings is 1. The van der Waals surface area contributed by atoms with Crippen molar-refractivity contribution in [2.75, 3.05) is 11.9 Å². The number of ether oxygens (including phenoxy) is 1. The topological polar surface area (TPSA) is 63.2 Å². The molecule has 1 amide bonds. The van der Waals surface area contributed by atoms with Crippen molar-refractivity contribution in [3.63, 3.8) is 0 Å². The van der Waals surface area contributed by atoms with Crippen molar-refractivity contribution in [2.24, 2.45) is 0 Å². The molecular formula is C13H17N3O2. The van der Waals surface area contributed by atoms with E-state index in [1.54, 1.807) is 6.20 Å². The molecule has 1 aromatic rings. The highest BCUT2D eigenvalue weighted by atomic mass is 16.5. The lowest BCUT2D eigenvalue weighted by atomic mass is 9.98. The normalized spacial score (nSPS) is 27.0. The molecule has 0 radical (unpaired) electrons. The average Bonchev–Trinajstić information content (AvgIpc) is 2.41. The van der Waals surface area contributed by atoms with Gasteiger partial charge in [0, 0.05) is 18.7 Å². The van der Waals surface area contributed by atoms with Crippen molar-refractivity contribution in [3.8, 4) is 5.75 Å². The minimum Gasteiger partial charge on any atom is -0.477 e. The number of hydrogen-bond donors (Lipinski definition) is 2. The summed E-state index contributed by atoms with van der Waals surface area (Å²) in [5, 5.41) is 6.23. The Morgan fingerprint density at radius 1 is 1.44 bits per heavy atom. The van der Waals surface area contributed by atoms with Gasteiger partial charge in [0.1, 0.15) is 0 Å². The van der Waals surface area contributed by atoms with E-state index < -0.39 is 6.10 Å². The van der Waals surface area contributed by atoms with Gasteiger partial charge in [-0.05, 0) is 31.5 Å². The standard InChI is InChI=1S/C13H17N3O2/c17-13-11(8-9-4-1-2-6-14-9)18-10-5-3-7-15-12(10)16-13/h3,5,7,9,11,14H,1-2,4,6,8H2,(H,15,16,17). The van der Waals surface area contributed by atoms with E-state index in [9.17, 15) is 4.79 Å². The van der Waals surface area contributed by atoms with Crippen molar-refractivity contribution in [1.82, 2.24) is 10.3 Å². The maximum Gasteiger partial charge on any atom is 0.266 e. The highest BCUT2D eigenvalue weighted by Crippen LogP contribution is 2.28. The number of pyridine rings is 1. The zero-order chi connectivity index (χ0) is 12.4. The lowest BCUT2D eigenvalue weighted by Gasteiger charge is -2.30. The van der Waals surface area contributed by atoms with Crippen LogP contribution in [0.25, 0.3) is 0 Å². The molecule has 2 aliphatic rings. The third-order valence-corrected chi connectivity index (χ3v) is 3.48. The molecule has 96 valence electrons. The molecule has 18 heavy (non-hydrogen) atoms. The minimum atomic E-state index is -0.405. The van der Waals surface area contributed by atoms with E-state index in [1.807, 2.05) is 12.1 Å². The molecule has 3 heterocycles. The van der Waals surface area contributed by atoms with E-state index in [-0.39, 0.29) is 5.91 Å². The summed E-state index contributed by atoms with van der Waals surface area (Å²) in [7, 11) is 0. The number of carbonyl (C=O) groups excluding carboxylic acids is 1. The zero-order valence-electron chi connectivity index (χ0n) is 10.2. The van der Waals surface area contributed by atoms with Crippen LogP contribution in [0.3, 0.4) is 0 Å². The number of nitrogens with one attached hydrogen (secondary N) is 2. The summed E-state index contributed by atoms with van der Waals surface area (Å²) in [6.07, 6.45) is 5.53. The van der Waals surface area contributed by atoms with Gasteiger partial charge in [-0.1, -0.05) is 6.42 Å². The van der Waals surface area contributed by atoms with Crippen molar-refractivity contribution >= 4 is 11.7 Å². The van der Waals surface area contributed by atoms with Crippen LogP contribution in [0.4, 0.5) is 5.82 Å². The fourth-order valence-electron chi connectivity index (χ4n) is 2.52. The van der Waals surface area contributed by atoms with Crippen LogP contribution in [-0.2, 0) is 4.79 Å². The number of nitrogens with zero attached hydrogens (tertiary/aromatic N) is 1. The first-order valence-electron chi connectivity index (χ1n) is 6.49. The van der Waals surface area contributed by atoms with Crippen LogP contribution in [0.2, 0.25) is 0 Å². The van der Waals surface area contributed by atoms with Gasteiger partial charge < -0.3 is 15.4 Å². The third kappa shape index (κ3) is 2.31. The summed E-state index contributed by atoms with van der Waals surface area (Å²) < 4.78 is 5.73. The Morgan fingerprint density at radius 2 is 2.39 bits per heavy atom. The molecule has 3 rings (SSSR count). The van der Waals surface area contributed by atoms with Gasteiger partial charge >= 0.3 is 0 Å². The molecule has 0 bridgehead atoms. The average molecular weight is 247 g/mol. The Balaban J connectivity index is 1.68. The predicted molar refractivity (Wildman–Crippen MR) is 67.5 cm³/mol.